The summed E-state index contributed by atoms with van der Waals surface area (Å²) in [6.45, 7) is 2.48. The summed E-state index contributed by atoms with van der Waals surface area (Å²) in [7, 11) is 0. The van der Waals surface area contributed by atoms with Gasteiger partial charge in [-0.15, -0.1) is 0 Å². The highest BCUT2D eigenvalue weighted by Crippen LogP contribution is 2.50. The van der Waals surface area contributed by atoms with Gasteiger partial charge in [-0.3, -0.25) is 4.79 Å². The van der Waals surface area contributed by atoms with Crippen LogP contribution in [0.4, 0.5) is 13.2 Å². The van der Waals surface area contributed by atoms with Gasteiger partial charge in [-0.1, -0.05) is 0 Å². The first kappa shape index (κ1) is 11.7. The normalized spacial score (nSPS) is 20.2. The second-order valence-corrected chi connectivity index (χ2v) is 3.09. The van der Waals surface area contributed by atoms with Crippen LogP contribution in [-0.4, -0.2) is 24.5 Å². The first-order valence-electron chi connectivity index (χ1n) is 4.29. The standard InChI is InChI=1S/C9H9F3O3/c1-3-15-8(14)6-5(4(2)13)7(6)9(10,11)12/h5H,3H2,1-2H3. The number of ether oxygens (including phenoxy) is 1. The van der Waals surface area contributed by atoms with E-state index in [1.807, 2.05) is 0 Å². The second kappa shape index (κ2) is 3.67. The Labute approximate surface area is 83.9 Å². The minimum atomic E-state index is -4.63. The highest BCUT2D eigenvalue weighted by atomic mass is 19.4. The summed E-state index contributed by atoms with van der Waals surface area (Å²) >= 11 is 0. The number of rotatable bonds is 3. The van der Waals surface area contributed by atoms with E-state index in [0.717, 1.165) is 6.92 Å². The van der Waals surface area contributed by atoms with Crippen molar-refractivity contribution < 1.29 is 27.5 Å². The van der Waals surface area contributed by atoms with E-state index in [9.17, 15) is 22.8 Å². The number of carbonyl (C=O) groups excluding carboxylic acids is 2. The summed E-state index contributed by atoms with van der Waals surface area (Å²) in [5.41, 5.74) is -1.61. The summed E-state index contributed by atoms with van der Waals surface area (Å²) in [6.07, 6.45) is -4.63. The number of carbonyl (C=O) groups is 2. The van der Waals surface area contributed by atoms with Gasteiger partial charge in [0.05, 0.1) is 23.7 Å². The van der Waals surface area contributed by atoms with Gasteiger partial charge in [-0.2, -0.15) is 13.2 Å². The van der Waals surface area contributed by atoms with E-state index in [1.165, 1.54) is 6.92 Å². The highest BCUT2D eigenvalue weighted by molar-refractivity contribution is 6.07. The lowest BCUT2D eigenvalue weighted by molar-refractivity contribution is -0.139. The van der Waals surface area contributed by atoms with Crippen LogP contribution in [-0.2, 0) is 14.3 Å². The van der Waals surface area contributed by atoms with Crippen molar-refractivity contribution in [3.8, 4) is 0 Å². The Balaban J connectivity index is 2.89. The van der Waals surface area contributed by atoms with Gasteiger partial charge >= 0.3 is 12.1 Å². The first-order valence-corrected chi connectivity index (χ1v) is 4.29. The van der Waals surface area contributed by atoms with Gasteiger partial charge in [0.15, 0.2) is 0 Å². The van der Waals surface area contributed by atoms with Gasteiger partial charge in [-0.25, -0.2) is 4.79 Å². The maximum atomic E-state index is 12.3. The van der Waals surface area contributed by atoms with Crippen LogP contribution in [0.1, 0.15) is 13.8 Å². The SMILES string of the molecule is CCOC(=O)C1=C(C(F)(F)F)C1C(C)=O. The topological polar surface area (TPSA) is 43.4 Å². The third-order valence-electron chi connectivity index (χ3n) is 1.99. The summed E-state index contributed by atoms with van der Waals surface area (Å²) < 4.78 is 41.3. The zero-order valence-electron chi connectivity index (χ0n) is 8.14. The zero-order valence-corrected chi connectivity index (χ0v) is 8.14. The molecule has 0 saturated heterocycles. The Morgan fingerprint density at radius 3 is 2.20 bits per heavy atom. The van der Waals surface area contributed by atoms with Gasteiger partial charge in [0.1, 0.15) is 5.78 Å². The summed E-state index contributed by atoms with van der Waals surface area (Å²) in [5.74, 6) is -3.15. The number of alkyl halides is 3. The highest BCUT2D eigenvalue weighted by Gasteiger charge is 2.58. The van der Waals surface area contributed by atoms with E-state index in [1.54, 1.807) is 0 Å². The summed E-state index contributed by atoms with van der Waals surface area (Å²) in [6, 6.07) is 0. The van der Waals surface area contributed by atoms with Crippen molar-refractivity contribution >= 4 is 11.8 Å². The lowest BCUT2D eigenvalue weighted by Gasteiger charge is -2.00. The molecule has 0 radical (unpaired) electrons. The average Bonchev–Trinajstić information content (AvgIpc) is 2.77. The van der Waals surface area contributed by atoms with Crippen LogP contribution >= 0.6 is 0 Å². The Hall–Kier alpha value is -1.33. The second-order valence-electron chi connectivity index (χ2n) is 3.09. The van der Waals surface area contributed by atoms with Crippen LogP contribution in [0.15, 0.2) is 11.1 Å². The number of allylic oxidation sites excluding steroid dienone is 1. The Morgan fingerprint density at radius 2 is 1.93 bits per heavy atom. The molecular formula is C9H9F3O3. The number of hydrogen-bond acceptors (Lipinski definition) is 3. The third-order valence-corrected chi connectivity index (χ3v) is 1.99. The molecule has 1 atom stereocenters. The first-order chi connectivity index (χ1) is 6.80. The quantitative estimate of drug-likeness (QED) is 0.681. The van der Waals surface area contributed by atoms with Crippen LogP contribution < -0.4 is 0 Å². The Bertz CT molecular complexity index is 341. The molecular weight excluding hydrogens is 213 g/mol. The smallest absolute Gasteiger partial charge is 0.414 e. The molecule has 0 aliphatic heterocycles. The molecule has 1 rings (SSSR count). The van der Waals surface area contributed by atoms with Crippen molar-refractivity contribution in [2.75, 3.05) is 6.61 Å². The molecule has 84 valence electrons. The lowest BCUT2D eigenvalue weighted by atomic mass is 10.2. The monoisotopic (exact) mass is 222 g/mol. The van der Waals surface area contributed by atoms with Crippen LogP contribution in [0.3, 0.4) is 0 Å². The summed E-state index contributed by atoms with van der Waals surface area (Å²) in [5, 5.41) is 0. The van der Waals surface area contributed by atoms with Crippen LogP contribution in [0.2, 0.25) is 0 Å². The van der Waals surface area contributed by atoms with Gasteiger partial charge in [0.2, 0.25) is 0 Å². The van der Waals surface area contributed by atoms with Crippen molar-refractivity contribution in [2.45, 2.75) is 20.0 Å². The Morgan fingerprint density at radius 1 is 1.40 bits per heavy atom. The van der Waals surface area contributed by atoms with Gasteiger partial charge < -0.3 is 4.74 Å². The predicted octanol–water partition coefficient (Wildman–Crippen LogP) is 1.63. The Kier molecular flexibility index (Phi) is 2.88. The van der Waals surface area contributed by atoms with E-state index in [-0.39, 0.29) is 6.61 Å². The van der Waals surface area contributed by atoms with Crippen molar-refractivity contribution in [1.82, 2.24) is 0 Å². The average molecular weight is 222 g/mol. The van der Waals surface area contributed by atoms with Crippen molar-refractivity contribution in [3.05, 3.63) is 11.1 Å². The molecule has 0 aromatic carbocycles. The molecule has 0 amide bonds. The molecule has 1 unspecified atom stereocenters. The van der Waals surface area contributed by atoms with Crippen LogP contribution in [0.25, 0.3) is 0 Å². The molecule has 0 N–H and O–H groups in total. The van der Waals surface area contributed by atoms with Gasteiger partial charge in [0, 0.05) is 0 Å². The molecule has 0 aromatic rings. The minimum absolute atomic E-state index is 0.0158. The molecule has 0 heterocycles. The molecule has 0 fully saturated rings. The maximum absolute atomic E-state index is 12.3. The maximum Gasteiger partial charge on any atom is 0.414 e. The van der Waals surface area contributed by atoms with E-state index < -0.39 is 35.0 Å². The van der Waals surface area contributed by atoms with E-state index in [2.05, 4.69) is 4.74 Å². The zero-order chi connectivity index (χ0) is 11.8. The minimum Gasteiger partial charge on any atom is -0.463 e. The molecule has 0 bridgehead atoms. The number of ketones is 1. The van der Waals surface area contributed by atoms with Gasteiger partial charge in [-0.05, 0) is 13.8 Å². The molecule has 0 aromatic heterocycles. The molecule has 0 spiro atoms. The van der Waals surface area contributed by atoms with Crippen molar-refractivity contribution in [3.63, 3.8) is 0 Å². The fourth-order valence-corrected chi connectivity index (χ4v) is 1.38. The van der Waals surface area contributed by atoms with Gasteiger partial charge in [0.25, 0.3) is 0 Å². The van der Waals surface area contributed by atoms with Crippen LogP contribution in [0, 0.1) is 5.92 Å². The van der Waals surface area contributed by atoms with Crippen molar-refractivity contribution in [1.29, 1.82) is 0 Å². The predicted molar refractivity (Wildman–Crippen MR) is 43.9 cm³/mol. The number of esters is 1. The number of hydrogen-bond donors (Lipinski definition) is 0. The molecule has 15 heavy (non-hydrogen) atoms. The fraction of sp³-hybridized carbons (Fsp3) is 0.556. The fourth-order valence-electron chi connectivity index (χ4n) is 1.38. The van der Waals surface area contributed by atoms with Crippen molar-refractivity contribution in [2.24, 2.45) is 5.92 Å². The summed E-state index contributed by atoms with van der Waals surface area (Å²) in [4.78, 5) is 21.9. The van der Waals surface area contributed by atoms with E-state index >= 15 is 0 Å². The van der Waals surface area contributed by atoms with E-state index in [0.29, 0.717) is 0 Å². The third kappa shape index (κ3) is 2.19. The largest absolute Gasteiger partial charge is 0.463 e. The lowest BCUT2D eigenvalue weighted by Crippen LogP contribution is -2.11. The molecule has 1 aliphatic rings. The molecule has 0 saturated carbocycles. The van der Waals surface area contributed by atoms with Crippen LogP contribution in [0.5, 0.6) is 0 Å². The van der Waals surface area contributed by atoms with E-state index in [4.69, 9.17) is 0 Å². The molecule has 1 aliphatic carbocycles. The molecule has 3 nitrogen and oxygen atoms in total. The number of halogens is 3. The molecule has 6 heteroatoms. The number of Topliss-reactive ketones (excluding diaryl/α,β-unsaturated/α-hetero) is 1.